The number of carbonyl (C=O) groups is 1. The molecular weight excluding hydrogens is 228 g/mol. The maximum Gasteiger partial charge on any atom is 0.245 e. The quantitative estimate of drug-likeness (QED) is 0.568. The normalized spacial score (nSPS) is 12.0. The molecule has 0 spiro atoms. The summed E-state index contributed by atoms with van der Waals surface area (Å²) in [6.45, 7) is 1.90. The Balaban J connectivity index is 2.57. The molecule has 76 valence electrons. The second kappa shape index (κ2) is 4.17. The fourth-order valence-corrected chi connectivity index (χ4v) is 2.71. The van der Waals surface area contributed by atoms with E-state index < -0.39 is 5.24 Å². The van der Waals surface area contributed by atoms with Crippen LogP contribution in [0.5, 0.6) is 0 Å². The lowest BCUT2D eigenvalue weighted by atomic mass is 10.1. The zero-order valence-electron chi connectivity index (χ0n) is 8.16. The van der Waals surface area contributed by atoms with E-state index in [1.165, 1.54) is 16.2 Å². The summed E-state index contributed by atoms with van der Waals surface area (Å²) in [7, 11) is 0. The van der Waals surface area contributed by atoms with Gasteiger partial charge in [0.05, 0.1) is 0 Å². The smallest absolute Gasteiger partial charge is 0.245 e. The van der Waals surface area contributed by atoms with Crippen LogP contribution in [0.4, 0.5) is 0 Å². The zero-order chi connectivity index (χ0) is 10.8. The van der Waals surface area contributed by atoms with Crippen LogP contribution in [-0.4, -0.2) is 5.24 Å². The predicted molar refractivity (Wildman–Crippen MR) is 66.3 cm³/mol. The summed E-state index contributed by atoms with van der Waals surface area (Å²) >= 11 is 7.00. The molecule has 2 rings (SSSR count). The van der Waals surface area contributed by atoms with Gasteiger partial charge in [-0.25, -0.2) is 0 Å². The van der Waals surface area contributed by atoms with E-state index in [-0.39, 0.29) is 0 Å². The average molecular weight is 237 g/mol. The van der Waals surface area contributed by atoms with Crippen molar-refractivity contribution in [1.29, 1.82) is 0 Å². The molecule has 0 aliphatic heterocycles. The summed E-state index contributed by atoms with van der Waals surface area (Å²) in [6, 6.07) is 8.12. The van der Waals surface area contributed by atoms with Crippen molar-refractivity contribution < 1.29 is 4.79 Å². The minimum absolute atomic E-state index is 0.428. The Morgan fingerprint density at radius 1 is 1.40 bits per heavy atom. The highest BCUT2D eigenvalue weighted by Gasteiger charge is 2.05. The highest BCUT2D eigenvalue weighted by molar-refractivity contribution is 7.17. The third-order valence-electron chi connectivity index (χ3n) is 2.24. The predicted octanol–water partition coefficient (Wildman–Crippen LogP) is 4.07. The third-order valence-corrected chi connectivity index (χ3v) is 3.31. The van der Waals surface area contributed by atoms with Crippen molar-refractivity contribution in [1.82, 2.24) is 0 Å². The van der Waals surface area contributed by atoms with Gasteiger partial charge >= 0.3 is 0 Å². The Morgan fingerprint density at radius 3 is 2.87 bits per heavy atom. The van der Waals surface area contributed by atoms with Gasteiger partial charge in [-0.05, 0) is 46.5 Å². The van der Waals surface area contributed by atoms with Crippen molar-refractivity contribution >= 4 is 43.8 Å². The molecule has 0 saturated carbocycles. The second-order valence-electron chi connectivity index (χ2n) is 3.28. The molecule has 0 unspecified atom stereocenters. The Labute approximate surface area is 97.0 Å². The number of hydrogen-bond acceptors (Lipinski definition) is 2. The van der Waals surface area contributed by atoms with Crippen LogP contribution in [0.2, 0.25) is 0 Å². The van der Waals surface area contributed by atoms with Crippen molar-refractivity contribution in [3.05, 3.63) is 41.3 Å². The van der Waals surface area contributed by atoms with E-state index in [9.17, 15) is 4.79 Å². The molecular formula is C12H9ClOS. The van der Waals surface area contributed by atoms with E-state index in [0.29, 0.717) is 0 Å². The summed E-state index contributed by atoms with van der Waals surface area (Å²) in [5.41, 5.74) is 2.00. The van der Waals surface area contributed by atoms with E-state index in [1.54, 1.807) is 11.3 Å². The van der Waals surface area contributed by atoms with Gasteiger partial charge in [-0.3, -0.25) is 4.79 Å². The second-order valence-corrected chi connectivity index (χ2v) is 4.56. The van der Waals surface area contributed by atoms with Gasteiger partial charge in [0.25, 0.3) is 0 Å². The van der Waals surface area contributed by atoms with Crippen molar-refractivity contribution in [3.8, 4) is 0 Å². The van der Waals surface area contributed by atoms with Gasteiger partial charge in [0, 0.05) is 10.8 Å². The first-order chi connectivity index (χ1) is 7.18. The van der Waals surface area contributed by atoms with Gasteiger partial charge < -0.3 is 0 Å². The van der Waals surface area contributed by atoms with Gasteiger partial charge in [-0.2, -0.15) is 0 Å². The Hall–Kier alpha value is -1.12. The van der Waals surface area contributed by atoms with Crippen LogP contribution in [0, 0.1) is 0 Å². The van der Waals surface area contributed by atoms with E-state index in [4.69, 9.17) is 11.6 Å². The summed E-state index contributed by atoms with van der Waals surface area (Å²) in [6.07, 6.45) is 1.45. The van der Waals surface area contributed by atoms with Crippen molar-refractivity contribution in [2.45, 2.75) is 6.92 Å². The van der Waals surface area contributed by atoms with Gasteiger partial charge in [0.15, 0.2) is 0 Å². The Kier molecular flexibility index (Phi) is 2.89. The molecule has 2 aromatic rings. The third kappa shape index (κ3) is 2.11. The number of thiophene rings is 1. The molecule has 0 saturated heterocycles. The molecule has 1 nitrogen and oxygen atoms in total. The van der Waals surface area contributed by atoms with Gasteiger partial charge in [-0.1, -0.05) is 18.2 Å². The highest BCUT2D eigenvalue weighted by atomic mass is 35.5. The monoisotopic (exact) mass is 236 g/mol. The Morgan fingerprint density at radius 2 is 2.13 bits per heavy atom. The molecule has 0 aliphatic rings. The standard InChI is InChI=1S/C12H9ClOS/c1-8(6-12(13)14)10-7-15-11-5-3-2-4-9(10)11/h2-7H,1H3/b8-6-. The van der Waals surface area contributed by atoms with Gasteiger partial charge in [-0.15, -0.1) is 11.3 Å². The molecule has 0 aliphatic carbocycles. The summed E-state index contributed by atoms with van der Waals surface area (Å²) in [5.74, 6) is 0. The number of rotatable bonds is 2. The molecule has 0 radical (unpaired) electrons. The van der Waals surface area contributed by atoms with Crippen LogP contribution in [0.25, 0.3) is 15.7 Å². The van der Waals surface area contributed by atoms with Crippen LogP contribution in [0.15, 0.2) is 35.7 Å². The van der Waals surface area contributed by atoms with Crippen LogP contribution in [0.3, 0.4) is 0 Å². The minimum atomic E-state index is -0.428. The summed E-state index contributed by atoms with van der Waals surface area (Å²) in [5, 5.41) is 2.80. The van der Waals surface area contributed by atoms with Crippen molar-refractivity contribution in [2.24, 2.45) is 0 Å². The van der Waals surface area contributed by atoms with Crippen molar-refractivity contribution in [2.75, 3.05) is 0 Å². The maximum atomic E-state index is 10.8. The van der Waals surface area contributed by atoms with E-state index in [2.05, 4.69) is 17.5 Å². The number of halogens is 1. The number of benzene rings is 1. The molecule has 1 heterocycles. The van der Waals surface area contributed by atoms with E-state index >= 15 is 0 Å². The molecule has 1 aromatic carbocycles. The average Bonchev–Trinajstić information content (AvgIpc) is 2.59. The first kappa shape index (κ1) is 10.4. The molecule has 0 fully saturated rings. The first-order valence-corrected chi connectivity index (χ1v) is 5.78. The molecule has 0 bridgehead atoms. The van der Waals surface area contributed by atoms with E-state index in [1.807, 2.05) is 19.1 Å². The topological polar surface area (TPSA) is 17.1 Å². The molecule has 0 amide bonds. The van der Waals surface area contributed by atoms with Gasteiger partial charge in [0.1, 0.15) is 0 Å². The van der Waals surface area contributed by atoms with Crippen LogP contribution in [0.1, 0.15) is 12.5 Å². The zero-order valence-corrected chi connectivity index (χ0v) is 9.73. The number of hydrogen-bond donors (Lipinski definition) is 0. The Bertz CT molecular complexity index is 539. The lowest BCUT2D eigenvalue weighted by Gasteiger charge is -1.97. The lowest BCUT2D eigenvalue weighted by Crippen LogP contribution is -1.82. The highest BCUT2D eigenvalue weighted by Crippen LogP contribution is 2.30. The fraction of sp³-hybridized carbons (Fsp3) is 0.0833. The molecule has 15 heavy (non-hydrogen) atoms. The largest absolute Gasteiger partial charge is 0.276 e. The first-order valence-electron chi connectivity index (χ1n) is 4.53. The summed E-state index contributed by atoms with van der Waals surface area (Å²) < 4.78 is 1.22. The minimum Gasteiger partial charge on any atom is -0.276 e. The fourth-order valence-electron chi connectivity index (χ4n) is 1.53. The SMILES string of the molecule is C/C(=C/C(=O)Cl)c1csc2ccccc12. The van der Waals surface area contributed by atoms with Crippen LogP contribution in [-0.2, 0) is 4.79 Å². The molecule has 0 atom stereocenters. The molecule has 3 heteroatoms. The maximum absolute atomic E-state index is 10.8. The number of allylic oxidation sites excluding steroid dienone is 2. The van der Waals surface area contributed by atoms with Crippen molar-refractivity contribution in [3.63, 3.8) is 0 Å². The number of carbonyl (C=O) groups excluding carboxylic acids is 1. The number of fused-ring (bicyclic) bond motifs is 1. The van der Waals surface area contributed by atoms with Crippen LogP contribution < -0.4 is 0 Å². The summed E-state index contributed by atoms with van der Waals surface area (Å²) in [4.78, 5) is 10.8. The lowest BCUT2D eigenvalue weighted by molar-refractivity contribution is -0.107. The van der Waals surface area contributed by atoms with Gasteiger partial charge in [0.2, 0.25) is 5.24 Å². The van der Waals surface area contributed by atoms with Crippen LogP contribution >= 0.6 is 22.9 Å². The van der Waals surface area contributed by atoms with E-state index in [0.717, 1.165) is 11.1 Å². The molecule has 0 N–H and O–H groups in total. The molecule has 1 aromatic heterocycles.